The first-order chi connectivity index (χ1) is 8.61. The van der Waals surface area contributed by atoms with Gasteiger partial charge in [0.25, 0.3) is 0 Å². The van der Waals surface area contributed by atoms with Crippen LogP contribution in [0, 0.1) is 12.7 Å². The summed E-state index contributed by atoms with van der Waals surface area (Å²) in [5, 5.41) is 3.22. The van der Waals surface area contributed by atoms with E-state index in [1.54, 1.807) is 12.1 Å². The Morgan fingerprint density at radius 1 is 1.44 bits per heavy atom. The maximum atomic E-state index is 13.3. The van der Waals surface area contributed by atoms with Crippen molar-refractivity contribution in [2.45, 2.75) is 26.8 Å². The summed E-state index contributed by atoms with van der Waals surface area (Å²) in [6, 6.07) is 6.74. The molecule has 0 aliphatic heterocycles. The number of aromatic nitrogens is 2. The van der Waals surface area contributed by atoms with Crippen molar-refractivity contribution in [1.82, 2.24) is 9.55 Å². The fourth-order valence-corrected chi connectivity index (χ4v) is 2.03. The highest BCUT2D eigenvalue weighted by molar-refractivity contribution is 5.32. The quantitative estimate of drug-likeness (QED) is 0.897. The Balaban J connectivity index is 2.36. The van der Waals surface area contributed by atoms with Crippen LogP contribution in [0.4, 0.5) is 10.3 Å². The van der Waals surface area contributed by atoms with Gasteiger partial charge in [0.1, 0.15) is 5.82 Å². The van der Waals surface area contributed by atoms with E-state index in [1.165, 1.54) is 6.07 Å². The average molecular weight is 247 g/mol. The summed E-state index contributed by atoms with van der Waals surface area (Å²) in [6.45, 7) is 6.83. The van der Waals surface area contributed by atoms with Gasteiger partial charge in [0.2, 0.25) is 5.95 Å². The van der Waals surface area contributed by atoms with Crippen LogP contribution in [0.5, 0.6) is 0 Å². The van der Waals surface area contributed by atoms with E-state index in [9.17, 15) is 4.39 Å². The van der Waals surface area contributed by atoms with Crippen LogP contribution in [0.3, 0.4) is 0 Å². The van der Waals surface area contributed by atoms with E-state index in [0.717, 1.165) is 23.8 Å². The van der Waals surface area contributed by atoms with Gasteiger partial charge in [-0.05, 0) is 38.5 Å². The molecule has 3 nitrogen and oxygen atoms in total. The molecule has 0 fully saturated rings. The Morgan fingerprint density at radius 2 is 2.22 bits per heavy atom. The first-order valence-electron chi connectivity index (χ1n) is 6.16. The largest absolute Gasteiger partial charge is 0.356 e. The summed E-state index contributed by atoms with van der Waals surface area (Å²) < 4.78 is 15.3. The number of halogens is 1. The second-order valence-corrected chi connectivity index (χ2v) is 4.37. The fraction of sp³-hybridized carbons (Fsp3) is 0.357. The lowest BCUT2D eigenvalue weighted by Crippen LogP contribution is -2.11. The normalized spacial score (nSPS) is 12.4. The van der Waals surface area contributed by atoms with Crippen molar-refractivity contribution in [3.8, 4) is 0 Å². The topological polar surface area (TPSA) is 29.9 Å². The van der Waals surface area contributed by atoms with Crippen molar-refractivity contribution in [2.24, 2.45) is 0 Å². The molecule has 0 saturated carbocycles. The zero-order valence-corrected chi connectivity index (χ0v) is 10.9. The van der Waals surface area contributed by atoms with E-state index in [2.05, 4.69) is 10.3 Å². The minimum Gasteiger partial charge on any atom is -0.356 e. The predicted molar refractivity (Wildman–Crippen MR) is 71.3 cm³/mol. The molecule has 1 aromatic heterocycles. The third-order valence-electron chi connectivity index (χ3n) is 2.94. The third kappa shape index (κ3) is 2.53. The number of hydrogen-bond donors (Lipinski definition) is 1. The van der Waals surface area contributed by atoms with Gasteiger partial charge in [0.15, 0.2) is 0 Å². The molecule has 18 heavy (non-hydrogen) atoms. The van der Waals surface area contributed by atoms with Gasteiger partial charge in [0, 0.05) is 12.7 Å². The number of imidazole rings is 1. The van der Waals surface area contributed by atoms with Crippen LogP contribution >= 0.6 is 0 Å². The second-order valence-electron chi connectivity index (χ2n) is 4.37. The van der Waals surface area contributed by atoms with Crippen LogP contribution in [0.2, 0.25) is 0 Å². The lowest BCUT2D eigenvalue weighted by molar-refractivity contribution is 0.606. The zero-order valence-electron chi connectivity index (χ0n) is 10.9. The maximum absolute atomic E-state index is 13.3. The van der Waals surface area contributed by atoms with Gasteiger partial charge in [-0.15, -0.1) is 0 Å². The van der Waals surface area contributed by atoms with E-state index >= 15 is 0 Å². The molecular formula is C14H18FN3. The summed E-state index contributed by atoms with van der Waals surface area (Å²) in [4.78, 5) is 4.43. The number of aryl methyl sites for hydroxylation is 1. The summed E-state index contributed by atoms with van der Waals surface area (Å²) in [7, 11) is 0. The molecule has 0 bridgehead atoms. The van der Waals surface area contributed by atoms with Gasteiger partial charge in [0.05, 0.1) is 11.7 Å². The van der Waals surface area contributed by atoms with Crippen LogP contribution in [-0.2, 0) is 0 Å². The van der Waals surface area contributed by atoms with Gasteiger partial charge < -0.3 is 9.88 Å². The Morgan fingerprint density at radius 3 is 2.89 bits per heavy atom. The molecule has 0 spiro atoms. The molecule has 0 aliphatic rings. The summed E-state index contributed by atoms with van der Waals surface area (Å²) >= 11 is 0. The van der Waals surface area contributed by atoms with E-state index in [0.29, 0.717) is 0 Å². The van der Waals surface area contributed by atoms with Gasteiger partial charge in [-0.3, -0.25) is 0 Å². The molecule has 0 amide bonds. The Hall–Kier alpha value is -1.84. The van der Waals surface area contributed by atoms with E-state index in [-0.39, 0.29) is 11.9 Å². The second kappa shape index (κ2) is 5.21. The Bertz CT molecular complexity index is 534. The average Bonchev–Trinajstić information content (AvgIpc) is 2.70. The highest BCUT2D eigenvalue weighted by Crippen LogP contribution is 2.23. The first kappa shape index (κ1) is 12.6. The standard InChI is InChI=1S/C14H18FN3/c1-4-16-14-17-10(2)9-18(14)11(3)12-6-5-7-13(15)8-12/h5-9,11H,4H2,1-3H3,(H,16,17). The van der Waals surface area contributed by atoms with Gasteiger partial charge in [-0.25, -0.2) is 9.37 Å². The highest BCUT2D eigenvalue weighted by atomic mass is 19.1. The number of rotatable bonds is 4. The summed E-state index contributed by atoms with van der Waals surface area (Å²) in [5.41, 5.74) is 1.89. The van der Waals surface area contributed by atoms with Crippen molar-refractivity contribution >= 4 is 5.95 Å². The maximum Gasteiger partial charge on any atom is 0.203 e. The molecule has 0 aliphatic carbocycles. The SMILES string of the molecule is CCNc1nc(C)cn1C(C)c1cccc(F)c1. The molecule has 2 aromatic rings. The van der Waals surface area contributed by atoms with Crippen LogP contribution in [-0.4, -0.2) is 16.1 Å². The van der Waals surface area contributed by atoms with Gasteiger partial charge in [-0.2, -0.15) is 0 Å². The minimum absolute atomic E-state index is 0.0518. The van der Waals surface area contributed by atoms with Gasteiger partial charge >= 0.3 is 0 Å². The van der Waals surface area contributed by atoms with Crippen LogP contribution in [0.15, 0.2) is 30.5 Å². The van der Waals surface area contributed by atoms with Crippen LogP contribution in [0.25, 0.3) is 0 Å². The molecule has 1 aromatic carbocycles. The molecule has 1 unspecified atom stereocenters. The fourth-order valence-electron chi connectivity index (χ4n) is 2.03. The highest BCUT2D eigenvalue weighted by Gasteiger charge is 2.13. The number of hydrogen-bond acceptors (Lipinski definition) is 2. The number of nitrogens with one attached hydrogen (secondary N) is 1. The van der Waals surface area contributed by atoms with Crippen molar-refractivity contribution in [3.63, 3.8) is 0 Å². The van der Waals surface area contributed by atoms with E-state index < -0.39 is 0 Å². The van der Waals surface area contributed by atoms with Crippen LogP contribution < -0.4 is 5.32 Å². The zero-order chi connectivity index (χ0) is 13.1. The number of benzene rings is 1. The molecule has 1 heterocycles. The molecule has 96 valence electrons. The lowest BCUT2D eigenvalue weighted by atomic mass is 10.1. The van der Waals surface area contributed by atoms with E-state index in [1.807, 2.05) is 37.6 Å². The third-order valence-corrected chi connectivity index (χ3v) is 2.94. The molecule has 1 N–H and O–H groups in total. The molecule has 0 saturated heterocycles. The monoisotopic (exact) mass is 247 g/mol. The van der Waals surface area contributed by atoms with Crippen molar-refractivity contribution < 1.29 is 4.39 Å². The Kier molecular flexibility index (Phi) is 3.65. The summed E-state index contributed by atoms with van der Waals surface area (Å²) in [5.74, 6) is 0.618. The molecule has 0 radical (unpaired) electrons. The smallest absolute Gasteiger partial charge is 0.203 e. The van der Waals surface area contributed by atoms with E-state index in [4.69, 9.17) is 0 Å². The first-order valence-corrected chi connectivity index (χ1v) is 6.16. The van der Waals surface area contributed by atoms with Crippen LogP contribution in [0.1, 0.15) is 31.1 Å². The Labute approximate surface area is 107 Å². The predicted octanol–water partition coefficient (Wildman–Crippen LogP) is 3.37. The number of nitrogens with zero attached hydrogens (tertiary/aromatic N) is 2. The van der Waals surface area contributed by atoms with Gasteiger partial charge in [-0.1, -0.05) is 12.1 Å². The lowest BCUT2D eigenvalue weighted by Gasteiger charge is -2.17. The molecule has 2 rings (SSSR count). The minimum atomic E-state index is -0.207. The number of anilines is 1. The molecular weight excluding hydrogens is 229 g/mol. The molecule has 4 heteroatoms. The van der Waals surface area contributed by atoms with Crippen molar-refractivity contribution in [3.05, 3.63) is 47.5 Å². The molecule has 1 atom stereocenters. The van der Waals surface area contributed by atoms with Crippen molar-refractivity contribution in [1.29, 1.82) is 0 Å². The van der Waals surface area contributed by atoms with Crippen molar-refractivity contribution in [2.75, 3.05) is 11.9 Å². The summed E-state index contributed by atoms with van der Waals surface area (Å²) in [6.07, 6.45) is 1.98.